The largest absolute Gasteiger partial charge is 0.313 e. The predicted molar refractivity (Wildman–Crippen MR) is 90.6 cm³/mol. The van der Waals surface area contributed by atoms with Gasteiger partial charge in [-0.2, -0.15) is 4.98 Å². The smallest absolute Gasteiger partial charge is 0.282 e. The molecule has 1 aromatic carbocycles. The van der Waals surface area contributed by atoms with Gasteiger partial charge < -0.3 is 4.57 Å². The first-order valence-electron chi connectivity index (χ1n) is 7.94. The molecule has 0 aliphatic rings. The highest BCUT2D eigenvalue weighted by Gasteiger charge is 2.22. The molecule has 4 nitrogen and oxygen atoms in total. The summed E-state index contributed by atoms with van der Waals surface area (Å²) in [5.41, 5.74) is 2.00. The quantitative estimate of drug-likeness (QED) is 0.738. The van der Waals surface area contributed by atoms with Crippen LogP contribution in [0.15, 0.2) is 35.3 Å². The lowest BCUT2D eigenvalue weighted by atomic mass is 9.92. The second-order valence-corrected chi connectivity index (χ2v) is 6.87. The lowest BCUT2D eigenvalue weighted by molar-refractivity contribution is 0.511. The molecule has 0 aliphatic carbocycles. The Bertz CT molecular complexity index is 881. The zero-order chi connectivity index (χ0) is 15.9. The average molecular weight is 297 g/mol. The highest BCUT2D eigenvalue weighted by Crippen LogP contribution is 2.26. The molecule has 0 saturated heterocycles. The molecule has 0 aliphatic heterocycles. The number of nitrogens with zero attached hydrogens (tertiary/aromatic N) is 3. The molecule has 0 unspecified atom stereocenters. The number of aryl methyl sites for hydroxylation is 1. The molecule has 0 atom stereocenters. The summed E-state index contributed by atoms with van der Waals surface area (Å²) in [6.45, 7) is 9.67. The highest BCUT2D eigenvalue weighted by molar-refractivity contribution is 5.80. The normalized spacial score (nSPS) is 12.4. The summed E-state index contributed by atoms with van der Waals surface area (Å²) < 4.78 is 4.27. The number of benzene rings is 1. The number of hydrogen-bond donors (Lipinski definition) is 0. The van der Waals surface area contributed by atoms with Crippen molar-refractivity contribution < 1.29 is 0 Å². The fraction of sp³-hybridized carbons (Fsp3) is 0.444. The highest BCUT2D eigenvalue weighted by atomic mass is 16.1. The Labute approximate surface area is 130 Å². The van der Waals surface area contributed by atoms with Gasteiger partial charge >= 0.3 is 0 Å². The summed E-state index contributed by atoms with van der Waals surface area (Å²) in [7, 11) is 0. The number of hydrogen-bond acceptors (Lipinski definition) is 2. The first-order valence-corrected chi connectivity index (χ1v) is 7.94. The Morgan fingerprint density at radius 2 is 1.91 bits per heavy atom. The van der Waals surface area contributed by atoms with E-state index in [1.165, 1.54) is 5.69 Å². The molecular weight excluding hydrogens is 274 g/mol. The van der Waals surface area contributed by atoms with Crippen molar-refractivity contribution in [2.24, 2.45) is 0 Å². The van der Waals surface area contributed by atoms with Gasteiger partial charge in [0.05, 0.1) is 10.9 Å². The molecule has 0 radical (unpaired) electrons. The van der Waals surface area contributed by atoms with Gasteiger partial charge in [-0.15, -0.1) is 0 Å². The Balaban J connectivity index is 2.41. The first kappa shape index (κ1) is 14.8. The van der Waals surface area contributed by atoms with Crippen molar-refractivity contribution in [2.75, 3.05) is 0 Å². The number of para-hydroxylation sites is 1. The molecule has 116 valence electrons. The first-order chi connectivity index (χ1) is 10.4. The maximum atomic E-state index is 12.3. The number of aromatic nitrogens is 3. The molecule has 3 aromatic rings. The predicted octanol–water partition coefficient (Wildman–Crippen LogP) is 3.75. The monoisotopic (exact) mass is 297 g/mol. The molecule has 0 bridgehead atoms. The number of rotatable bonds is 3. The standard InChI is InChI=1S/C18H23N3O/c1-5-6-11-20-15(18(2,3)4)12-21-14-10-8-7-9-13(14)16(22)19-17(20)21/h7-10,12H,5-6,11H2,1-4H3. The van der Waals surface area contributed by atoms with Gasteiger partial charge in [-0.3, -0.25) is 9.20 Å². The maximum absolute atomic E-state index is 12.3. The molecule has 2 aromatic heterocycles. The van der Waals surface area contributed by atoms with Crippen molar-refractivity contribution in [2.45, 2.75) is 52.5 Å². The number of fused-ring (bicyclic) bond motifs is 3. The van der Waals surface area contributed by atoms with Crippen LogP contribution in [0.3, 0.4) is 0 Å². The Kier molecular flexibility index (Phi) is 3.55. The van der Waals surface area contributed by atoms with Gasteiger partial charge in [0.1, 0.15) is 0 Å². The van der Waals surface area contributed by atoms with Gasteiger partial charge in [-0.25, -0.2) is 0 Å². The summed E-state index contributed by atoms with van der Waals surface area (Å²) in [5, 5.41) is 0.674. The molecule has 22 heavy (non-hydrogen) atoms. The molecule has 2 heterocycles. The minimum absolute atomic E-state index is 0.00555. The van der Waals surface area contributed by atoms with Crippen LogP contribution in [0.5, 0.6) is 0 Å². The molecule has 0 N–H and O–H groups in total. The van der Waals surface area contributed by atoms with E-state index in [1.54, 1.807) is 0 Å². The van der Waals surface area contributed by atoms with Crippen molar-refractivity contribution in [1.82, 2.24) is 14.0 Å². The van der Waals surface area contributed by atoms with E-state index in [9.17, 15) is 4.79 Å². The van der Waals surface area contributed by atoms with Gasteiger partial charge in [0, 0.05) is 23.9 Å². The van der Waals surface area contributed by atoms with E-state index in [0.29, 0.717) is 5.39 Å². The number of imidazole rings is 1. The van der Waals surface area contributed by atoms with Crippen molar-refractivity contribution in [1.29, 1.82) is 0 Å². The fourth-order valence-electron chi connectivity index (χ4n) is 2.93. The Morgan fingerprint density at radius 3 is 2.59 bits per heavy atom. The van der Waals surface area contributed by atoms with Gasteiger partial charge in [0.25, 0.3) is 5.56 Å². The van der Waals surface area contributed by atoms with Gasteiger partial charge in [0.2, 0.25) is 5.78 Å². The van der Waals surface area contributed by atoms with Crippen molar-refractivity contribution in [3.8, 4) is 0 Å². The third-order valence-corrected chi connectivity index (χ3v) is 4.10. The van der Waals surface area contributed by atoms with Crippen LogP contribution in [0.25, 0.3) is 16.7 Å². The summed E-state index contributed by atoms with van der Waals surface area (Å²) in [5.74, 6) is 0.752. The van der Waals surface area contributed by atoms with E-state index in [4.69, 9.17) is 0 Å². The second-order valence-electron chi connectivity index (χ2n) is 6.87. The van der Waals surface area contributed by atoms with E-state index in [0.717, 1.165) is 30.7 Å². The van der Waals surface area contributed by atoms with Crippen LogP contribution in [0.2, 0.25) is 0 Å². The second kappa shape index (κ2) is 5.27. The van der Waals surface area contributed by atoms with E-state index in [-0.39, 0.29) is 11.0 Å². The SMILES string of the molecule is CCCCn1c(C(C)(C)C)cn2c3ccccc3c(=O)nc12. The molecular formula is C18H23N3O. The van der Waals surface area contributed by atoms with E-state index >= 15 is 0 Å². The van der Waals surface area contributed by atoms with Crippen LogP contribution in [-0.2, 0) is 12.0 Å². The number of unbranched alkanes of at least 4 members (excludes halogenated alkanes) is 1. The minimum Gasteiger partial charge on any atom is -0.313 e. The van der Waals surface area contributed by atoms with Gasteiger partial charge in [0.15, 0.2) is 0 Å². The van der Waals surface area contributed by atoms with Crippen LogP contribution < -0.4 is 5.56 Å². The lowest BCUT2D eigenvalue weighted by Crippen LogP contribution is -2.19. The lowest BCUT2D eigenvalue weighted by Gasteiger charge is -2.20. The fourth-order valence-corrected chi connectivity index (χ4v) is 2.93. The Hall–Kier alpha value is -2.10. The molecule has 3 rings (SSSR count). The summed E-state index contributed by atoms with van der Waals surface area (Å²) >= 11 is 0. The van der Waals surface area contributed by atoms with E-state index < -0.39 is 0 Å². The van der Waals surface area contributed by atoms with E-state index in [2.05, 4.69) is 47.8 Å². The average Bonchev–Trinajstić information content (AvgIpc) is 2.84. The summed E-state index contributed by atoms with van der Waals surface area (Å²) in [6, 6.07) is 7.68. The maximum Gasteiger partial charge on any atom is 0.282 e. The van der Waals surface area contributed by atoms with Crippen LogP contribution >= 0.6 is 0 Å². The van der Waals surface area contributed by atoms with Crippen molar-refractivity contribution >= 4 is 16.7 Å². The third kappa shape index (κ3) is 2.32. The van der Waals surface area contributed by atoms with E-state index in [1.807, 2.05) is 24.3 Å². The molecule has 0 spiro atoms. The van der Waals surface area contributed by atoms with Crippen LogP contribution in [0, 0.1) is 0 Å². The summed E-state index contributed by atoms with van der Waals surface area (Å²) in [6.07, 6.45) is 4.33. The zero-order valence-corrected chi connectivity index (χ0v) is 13.8. The molecule has 0 fully saturated rings. The molecule has 0 amide bonds. The van der Waals surface area contributed by atoms with Crippen LogP contribution in [0.4, 0.5) is 0 Å². The van der Waals surface area contributed by atoms with Crippen molar-refractivity contribution in [3.05, 3.63) is 46.5 Å². The molecule has 4 heteroatoms. The van der Waals surface area contributed by atoms with Gasteiger partial charge in [-0.1, -0.05) is 46.2 Å². The van der Waals surface area contributed by atoms with Crippen LogP contribution in [0.1, 0.15) is 46.2 Å². The zero-order valence-electron chi connectivity index (χ0n) is 13.8. The summed E-state index contributed by atoms with van der Waals surface area (Å²) in [4.78, 5) is 16.7. The Morgan fingerprint density at radius 1 is 1.18 bits per heavy atom. The molecule has 0 saturated carbocycles. The van der Waals surface area contributed by atoms with Crippen LogP contribution in [-0.4, -0.2) is 14.0 Å². The van der Waals surface area contributed by atoms with Crippen molar-refractivity contribution in [3.63, 3.8) is 0 Å². The minimum atomic E-state index is -0.146. The topological polar surface area (TPSA) is 39.3 Å². The van der Waals surface area contributed by atoms with Gasteiger partial charge in [-0.05, 0) is 18.6 Å². The third-order valence-electron chi connectivity index (χ3n) is 4.10.